The summed E-state index contributed by atoms with van der Waals surface area (Å²) in [6.07, 6.45) is 3.15. The molecule has 144 valence electrons. The van der Waals surface area contributed by atoms with Gasteiger partial charge in [-0.15, -0.1) is 0 Å². The highest BCUT2D eigenvalue weighted by Gasteiger charge is 2.18. The van der Waals surface area contributed by atoms with Crippen molar-refractivity contribution in [3.05, 3.63) is 59.7 Å². The van der Waals surface area contributed by atoms with Crippen molar-refractivity contribution in [3.63, 3.8) is 0 Å². The minimum absolute atomic E-state index is 0.309. The van der Waals surface area contributed by atoms with Crippen molar-refractivity contribution in [2.45, 2.75) is 32.7 Å². The van der Waals surface area contributed by atoms with Gasteiger partial charge >= 0.3 is 0 Å². The molecule has 0 atom stereocenters. The average molecular weight is 367 g/mol. The molecule has 2 aromatic carbocycles. The zero-order chi connectivity index (χ0) is 19.1. The number of aryl methyl sites for hydroxylation is 1. The largest absolute Gasteiger partial charge is 0.396 e. The minimum Gasteiger partial charge on any atom is -0.396 e. The molecule has 0 bridgehead atoms. The highest BCUT2D eigenvalue weighted by molar-refractivity contribution is 5.92. The number of anilines is 2. The third-order valence-electron chi connectivity index (χ3n) is 5.24. The number of hydrogen-bond donors (Lipinski definition) is 3. The van der Waals surface area contributed by atoms with E-state index in [1.165, 1.54) is 11.3 Å². The molecule has 1 saturated heterocycles. The van der Waals surface area contributed by atoms with Crippen LogP contribution in [0.25, 0.3) is 0 Å². The number of nitrogens with zero attached hydrogens (tertiary/aromatic N) is 2. The summed E-state index contributed by atoms with van der Waals surface area (Å²) in [7, 11) is 0. The van der Waals surface area contributed by atoms with Gasteiger partial charge < -0.3 is 21.1 Å². The molecule has 3 rings (SSSR count). The Labute approximate surface area is 161 Å². The number of rotatable bonds is 6. The van der Waals surface area contributed by atoms with Crippen molar-refractivity contribution >= 4 is 17.3 Å². The third-order valence-corrected chi connectivity index (χ3v) is 5.24. The minimum atomic E-state index is 0.309. The molecule has 1 fully saturated rings. The first-order valence-electron chi connectivity index (χ1n) is 9.78. The smallest absolute Gasteiger partial charge is 0.193 e. The summed E-state index contributed by atoms with van der Waals surface area (Å²) in [5.74, 6) is 0.887. The molecule has 1 aliphatic heterocycles. The first kappa shape index (κ1) is 19.2. The van der Waals surface area contributed by atoms with Crippen LogP contribution in [0.4, 0.5) is 11.4 Å². The van der Waals surface area contributed by atoms with E-state index in [-0.39, 0.29) is 0 Å². The fourth-order valence-corrected chi connectivity index (χ4v) is 3.37. The van der Waals surface area contributed by atoms with Gasteiger partial charge in [0.05, 0.1) is 6.54 Å². The summed E-state index contributed by atoms with van der Waals surface area (Å²) in [4.78, 5) is 6.82. The number of nitrogens with two attached hydrogens (primary N) is 1. The van der Waals surface area contributed by atoms with Gasteiger partial charge in [0, 0.05) is 31.1 Å². The predicted octanol–water partition coefficient (Wildman–Crippen LogP) is 3.38. The van der Waals surface area contributed by atoms with E-state index in [0.717, 1.165) is 43.6 Å². The Morgan fingerprint density at radius 2 is 1.70 bits per heavy atom. The number of hydrogen-bond acceptors (Lipinski definition) is 3. The SMILES string of the molecule is CCc1ccc(NC(N)=NCc2ccc(N3CCC(CO)CC3)cc2)cc1. The lowest BCUT2D eigenvalue weighted by Gasteiger charge is -2.32. The van der Waals surface area contributed by atoms with Gasteiger partial charge in [-0.1, -0.05) is 31.2 Å². The Morgan fingerprint density at radius 1 is 1.07 bits per heavy atom. The Hall–Kier alpha value is -2.53. The number of aliphatic hydroxyl groups excluding tert-OH is 1. The second-order valence-corrected chi connectivity index (χ2v) is 7.16. The van der Waals surface area contributed by atoms with Crippen LogP contribution in [0, 0.1) is 5.92 Å². The Kier molecular flexibility index (Phi) is 6.71. The van der Waals surface area contributed by atoms with Crippen LogP contribution >= 0.6 is 0 Å². The lowest BCUT2D eigenvalue weighted by atomic mass is 9.97. The van der Waals surface area contributed by atoms with Crippen LogP contribution in [0.3, 0.4) is 0 Å². The van der Waals surface area contributed by atoms with E-state index in [2.05, 4.69) is 58.5 Å². The normalized spacial score (nSPS) is 15.8. The van der Waals surface area contributed by atoms with Crippen molar-refractivity contribution in [3.8, 4) is 0 Å². The third kappa shape index (κ3) is 5.47. The maximum absolute atomic E-state index is 9.26. The lowest BCUT2D eigenvalue weighted by molar-refractivity contribution is 0.203. The summed E-state index contributed by atoms with van der Waals surface area (Å²) >= 11 is 0. The molecule has 4 N–H and O–H groups in total. The van der Waals surface area contributed by atoms with Crippen LogP contribution < -0.4 is 16.0 Å². The highest BCUT2D eigenvalue weighted by Crippen LogP contribution is 2.23. The van der Waals surface area contributed by atoms with E-state index in [4.69, 9.17) is 5.73 Å². The summed E-state index contributed by atoms with van der Waals surface area (Å²) < 4.78 is 0. The van der Waals surface area contributed by atoms with Gasteiger partial charge in [-0.3, -0.25) is 0 Å². The van der Waals surface area contributed by atoms with Crippen LogP contribution in [-0.2, 0) is 13.0 Å². The molecule has 0 spiro atoms. The molecule has 5 heteroatoms. The summed E-state index contributed by atoms with van der Waals surface area (Å²) in [5, 5.41) is 12.4. The number of aliphatic hydroxyl groups is 1. The molecular weight excluding hydrogens is 336 g/mol. The standard InChI is InChI=1S/C22H30N4O/c1-2-17-3-7-20(8-4-17)25-22(23)24-15-18-5-9-21(10-6-18)26-13-11-19(16-27)12-14-26/h3-10,19,27H,2,11-16H2,1H3,(H3,23,24,25). The molecule has 0 aliphatic carbocycles. The molecule has 2 aromatic rings. The van der Waals surface area contributed by atoms with Crippen LogP contribution in [0.15, 0.2) is 53.5 Å². The van der Waals surface area contributed by atoms with Crippen molar-refractivity contribution in [2.75, 3.05) is 29.9 Å². The van der Waals surface area contributed by atoms with Gasteiger partial charge in [-0.05, 0) is 60.6 Å². The molecule has 1 heterocycles. The molecule has 1 aliphatic rings. The Balaban J connectivity index is 1.52. The Bertz CT molecular complexity index is 732. The molecule has 0 unspecified atom stereocenters. The van der Waals surface area contributed by atoms with E-state index >= 15 is 0 Å². The summed E-state index contributed by atoms with van der Waals surface area (Å²) in [6.45, 7) is 5.02. The number of guanidine groups is 1. The lowest BCUT2D eigenvalue weighted by Crippen LogP contribution is -2.34. The van der Waals surface area contributed by atoms with E-state index in [1.807, 2.05) is 12.1 Å². The van der Waals surface area contributed by atoms with Crippen molar-refractivity contribution in [2.24, 2.45) is 16.6 Å². The van der Waals surface area contributed by atoms with Crippen molar-refractivity contribution in [1.82, 2.24) is 0 Å². The van der Waals surface area contributed by atoms with Crippen LogP contribution in [0.5, 0.6) is 0 Å². The van der Waals surface area contributed by atoms with Gasteiger partial charge in [-0.25, -0.2) is 4.99 Å². The molecule has 0 amide bonds. The monoisotopic (exact) mass is 366 g/mol. The van der Waals surface area contributed by atoms with Crippen LogP contribution in [0.2, 0.25) is 0 Å². The van der Waals surface area contributed by atoms with E-state index in [0.29, 0.717) is 25.0 Å². The Morgan fingerprint density at radius 3 is 2.30 bits per heavy atom. The molecular formula is C22H30N4O. The van der Waals surface area contributed by atoms with E-state index in [1.54, 1.807) is 0 Å². The van der Waals surface area contributed by atoms with Crippen LogP contribution in [0.1, 0.15) is 30.9 Å². The summed E-state index contributed by atoms with van der Waals surface area (Å²) in [6, 6.07) is 16.8. The van der Waals surface area contributed by atoms with Gasteiger partial charge in [0.25, 0.3) is 0 Å². The second-order valence-electron chi connectivity index (χ2n) is 7.16. The number of aliphatic imine (C=N–C) groups is 1. The first-order chi connectivity index (χ1) is 13.2. The van der Waals surface area contributed by atoms with Gasteiger partial charge in [0.2, 0.25) is 0 Å². The fourth-order valence-electron chi connectivity index (χ4n) is 3.37. The summed E-state index contributed by atoms with van der Waals surface area (Å²) in [5.41, 5.74) is 10.6. The van der Waals surface area contributed by atoms with Gasteiger partial charge in [0.15, 0.2) is 5.96 Å². The number of piperidine rings is 1. The predicted molar refractivity (Wildman–Crippen MR) is 113 cm³/mol. The van der Waals surface area contributed by atoms with Gasteiger partial charge in [-0.2, -0.15) is 0 Å². The van der Waals surface area contributed by atoms with Crippen molar-refractivity contribution < 1.29 is 5.11 Å². The quantitative estimate of drug-likeness (QED) is 0.541. The van der Waals surface area contributed by atoms with Gasteiger partial charge in [0.1, 0.15) is 0 Å². The maximum atomic E-state index is 9.26. The number of benzene rings is 2. The highest BCUT2D eigenvalue weighted by atomic mass is 16.3. The first-order valence-corrected chi connectivity index (χ1v) is 9.78. The topological polar surface area (TPSA) is 73.9 Å². The van der Waals surface area contributed by atoms with E-state index < -0.39 is 0 Å². The second kappa shape index (κ2) is 9.42. The average Bonchev–Trinajstić information content (AvgIpc) is 2.73. The zero-order valence-electron chi connectivity index (χ0n) is 16.1. The van der Waals surface area contributed by atoms with Crippen LogP contribution in [-0.4, -0.2) is 30.8 Å². The molecule has 5 nitrogen and oxygen atoms in total. The molecule has 0 radical (unpaired) electrons. The van der Waals surface area contributed by atoms with Crippen molar-refractivity contribution in [1.29, 1.82) is 0 Å². The van der Waals surface area contributed by atoms with E-state index in [9.17, 15) is 5.11 Å². The zero-order valence-corrected chi connectivity index (χ0v) is 16.1. The fraction of sp³-hybridized carbons (Fsp3) is 0.409. The molecule has 0 aromatic heterocycles. The number of nitrogens with one attached hydrogen (secondary N) is 1. The molecule has 0 saturated carbocycles. The molecule has 27 heavy (non-hydrogen) atoms. The maximum Gasteiger partial charge on any atom is 0.193 e.